The summed E-state index contributed by atoms with van der Waals surface area (Å²) in [7, 11) is 3.80. The Kier molecular flexibility index (Phi) is 6.67. The Bertz CT molecular complexity index is 562. The van der Waals surface area contributed by atoms with Crippen LogP contribution in [-0.4, -0.2) is 31.1 Å². The topological polar surface area (TPSA) is 15.7 Å². The molecule has 1 aromatic rings. The van der Waals surface area contributed by atoms with Gasteiger partial charge in [-0.25, -0.2) is 0 Å². The second-order valence-corrected chi connectivity index (χ2v) is 8.37. The number of rotatable bonds is 9. The molecule has 0 spiro atoms. The minimum Gasteiger partial charge on any atom is -0.497 e. The van der Waals surface area contributed by atoms with Crippen LogP contribution in [0.3, 0.4) is 0 Å². The van der Waals surface area contributed by atoms with E-state index in [1.165, 1.54) is 0 Å². The molecular weight excluding hydrogens is 332 g/mol. The largest absolute Gasteiger partial charge is 0.497 e. The average molecular weight is 365 g/mol. The van der Waals surface area contributed by atoms with Gasteiger partial charge in [0.1, 0.15) is 5.75 Å². The van der Waals surface area contributed by atoms with Crippen molar-refractivity contribution in [2.45, 2.75) is 39.5 Å². The number of hydrogen-bond donors (Lipinski definition) is 0. The summed E-state index contributed by atoms with van der Waals surface area (Å²) >= 11 is 6.32. The van der Waals surface area contributed by atoms with Crippen LogP contribution < -0.4 is 9.75 Å². The molecule has 2 rings (SSSR count). The van der Waals surface area contributed by atoms with Crippen LogP contribution in [0.5, 0.6) is 5.75 Å². The molecule has 0 N–H and O–H groups in total. The number of benzene rings is 1. The number of hydrogen-bond acceptors (Lipinski definition) is 3. The van der Waals surface area contributed by atoms with Crippen molar-refractivity contribution in [2.24, 2.45) is 23.7 Å². The van der Waals surface area contributed by atoms with Crippen molar-refractivity contribution in [1.29, 1.82) is 0 Å². The van der Waals surface area contributed by atoms with Crippen molar-refractivity contribution in [2.75, 3.05) is 25.7 Å². The molecule has 1 aliphatic rings. The lowest BCUT2D eigenvalue weighted by Crippen LogP contribution is -2.44. The van der Waals surface area contributed by atoms with E-state index in [-0.39, 0.29) is 5.38 Å². The van der Waals surface area contributed by atoms with E-state index in [9.17, 15) is 0 Å². The van der Waals surface area contributed by atoms with E-state index in [0.717, 1.165) is 30.1 Å². The van der Waals surface area contributed by atoms with Gasteiger partial charge in [-0.3, -0.25) is 10.0 Å². The summed E-state index contributed by atoms with van der Waals surface area (Å²) in [5.41, 5.74) is 2.25. The normalized spacial score (nSPS) is 19.4. The lowest BCUT2D eigenvalue weighted by molar-refractivity contribution is 0.186. The number of allylic oxidation sites excluding steroid dienone is 1. The SMILES string of the molecule is C=C([C@H]1C[C@@H]1Cl)N(CC(C(C)C)C(C)C)N(C)c1ccc(OC)cc1. The number of alkyl halides is 1. The summed E-state index contributed by atoms with van der Waals surface area (Å²) in [5.74, 6) is 3.08. The van der Waals surface area contributed by atoms with E-state index in [2.05, 4.69) is 63.5 Å². The molecule has 140 valence electrons. The van der Waals surface area contributed by atoms with E-state index < -0.39 is 0 Å². The van der Waals surface area contributed by atoms with Crippen LogP contribution in [0.15, 0.2) is 36.5 Å². The number of hydrazine groups is 1. The quantitative estimate of drug-likeness (QED) is 0.430. The Morgan fingerprint density at radius 1 is 1.20 bits per heavy atom. The molecule has 0 heterocycles. The molecule has 0 saturated heterocycles. The lowest BCUT2D eigenvalue weighted by Gasteiger charge is -2.41. The predicted molar refractivity (Wildman–Crippen MR) is 108 cm³/mol. The summed E-state index contributed by atoms with van der Waals surface area (Å²) < 4.78 is 5.28. The zero-order valence-electron chi connectivity index (χ0n) is 16.5. The third kappa shape index (κ3) is 4.84. The zero-order chi connectivity index (χ0) is 18.7. The Morgan fingerprint density at radius 3 is 2.12 bits per heavy atom. The highest BCUT2D eigenvalue weighted by atomic mass is 35.5. The van der Waals surface area contributed by atoms with Gasteiger partial charge in [-0.05, 0) is 48.4 Å². The highest BCUT2D eigenvalue weighted by Crippen LogP contribution is 2.43. The number of halogens is 1. The molecular formula is C21H33ClN2O. The number of methoxy groups -OCH3 is 1. The standard InChI is InChI=1S/C21H33ClN2O/c1-14(2)20(15(3)4)13-24(16(5)19-12-21(19)22)23(6)17-8-10-18(25-7)11-9-17/h8-11,14-15,19-21H,5,12-13H2,1-4,6-7H3/t19-,21+/m1/s1. The van der Waals surface area contributed by atoms with Gasteiger partial charge in [0.2, 0.25) is 0 Å². The Morgan fingerprint density at radius 2 is 1.72 bits per heavy atom. The van der Waals surface area contributed by atoms with Crippen LogP contribution >= 0.6 is 11.6 Å². The number of nitrogens with zero attached hydrogens (tertiary/aromatic N) is 2. The molecule has 0 unspecified atom stereocenters. The van der Waals surface area contributed by atoms with Gasteiger partial charge in [0, 0.05) is 30.6 Å². The van der Waals surface area contributed by atoms with Crippen molar-refractivity contribution >= 4 is 17.3 Å². The summed E-state index contributed by atoms with van der Waals surface area (Å²) in [4.78, 5) is 0. The van der Waals surface area contributed by atoms with Gasteiger partial charge in [-0.2, -0.15) is 0 Å². The smallest absolute Gasteiger partial charge is 0.119 e. The molecule has 1 fully saturated rings. The van der Waals surface area contributed by atoms with Crippen LogP contribution in [0.2, 0.25) is 0 Å². The Hall–Kier alpha value is -1.35. The molecule has 1 aromatic carbocycles. The van der Waals surface area contributed by atoms with Crippen LogP contribution in [-0.2, 0) is 0 Å². The maximum absolute atomic E-state index is 6.32. The van der Waals surface area contributed by atoms with Crippen LogP contribution in [0.1, 0.15) is 34.1 Å². The molecule has 0 aromatic heterocycles. The summed E-state index contributed by atoms with van der Waals surface area (Å²) in [6.45, 7) is 14.6. The third-order valence-corrected chi connectivity index (χ3v) is 5.86. The molecule has 0 bridgehead atoms. The van der Waals surface area contributed by atoms with Gasteiger partial charge in [0.15, 0.2) is 0 Å². The van der Waals surface area contributed by atoms with E-state index in [0.29, 0.717) is 23.7 Å². The molecule has 2 atom stereocenters. The van der Waals surface area contributed by atoms with E-state index >= 15 is 0 Å². The van der Waals surface area contributed by atoms with Gasteiger partial charge in [0.05, 0.1) is 12.8 Å². The minimum atomic E-state index is 0.232. The second-order valence-electron chi connectivity index (χ2n) is 7.81. The van der Waals surface area contributed by atoms with Crippen LogP contribution in [0, 0.1) is 23.7 Å². The van der Waals surface area contributed by atoms with Crippen molar-refractivity contribution in [1.82, 2.24) is 5.01 Å². The molecule has 1 aliphatic carbocycles. The Labute approximate surface area is 158 Å². The maximum atomic E-state index is 6.32. The van der Waals surface area contributed by atoms with Gasteiger partial charge >= 0.3 is 0 Å². The first-order valence-electron chi connectivity index (χ1n) is 9.24. The van der Waals surface area contributed by atoms with Crippen LogP contribution in [0.25, 0.3) is 0 Å². The van der Waals surface area contributed by atoms with Crippen molar-refractivity contribution in [3.05, 3.63) is 36.5 Å². The predicted octanol–water partition coefficient (Wildman–Crippen LogP) is 5.42. The monoisotopic (exact) mass is 364 g/mol. The van der Waals surface area contributed by atoms with E-state index in [4.69, 9.17) is 16.3 Å². The number of ether oxygens (including phenoxy) is 1. The third-order valence-electron chi connectivity index (χ3n) is 5.38. The summed E-state index contributed by atoms with van der Waals surface area (Å²) in [6.07, 6.45) is 1.03. The zero-order valence-corrected chi connectivity index (χ0v) is 17.3. The molecule has 0 amide bonds. The molecule has 25 heavy (non-hydrogen) atoms. The van der Waals surface area contributed by atoms with Crippen LogP contribution in [0.4, 0.5) is 5.69 Å². The fraction of sp³-hybridized carbons (Fsp3) is 0.619. The molecule has 0 radical (unpaired) electrons. The molecule has 0 aliphatic heterocycles. The van der Waals surface area contributed by atoms with E-state index in [1.54, 1.807) is 7.11 Å². The molecule has 3 nitrogen and oxygen atoms in total. The highest BCUT2D eigenvalue weighted by molar-refractivity contribution is 6.22. The van der Waals surface area contributed by atoms with Crippen molar-refractivity contribution < 1.29 is 4.74 Å². The fourth-order valence-electron chi connectivity index (χ4n) is 3.46. The van der Waals surface area contributed by atoms with Gasteiger partial charge in [-0.1, -0.05) is 34.3 Å². The number of anilines is 1. The lowest BCUT2D eigenvalue weighted by atomic mass is 9.85. The van der Waals surface area contributed by atoms with Crippen molar-refractivity contribution in [3.8, 4) is 5.75 Å². The first-order valence-corrected chi connectivity index (χ1v) is 9.68. The molecule has 4 heteroatoms. The second kappa shape index (κ2) is 8.35. The van der Waals surface area contributed by atoms with Crippen molar-refractivity contribution in [3.63, 3.8) is 0 Å². The van der Waals surface area contributed by atoms with Gasteiger partial charge in [0.25, 0.3) is 0 Å². The summed E-state index contributed by atoms with van der Waals surface area (Å²) in [5, 5.41) is 4.77. The minimum absolute atomic E-state index is 0.232. The Balaban J connectivity index is 2.24. The van der Waals surface area contributed by atoms with Gasteiger partial charge in [-0.15, -0.1) is 11.6 Å². The first-order chi connectivity index (χ1) is 11.8. The maximum Gasteiger partial charge on any atom is 0.119 e. The average Bonchev–Trinajstić information content (AvgIpc) is 3.30. The molecule has 1 saturated carbocycles. The highest BCUT2D eigenvalue weighted by Gasteiger charge is 2.41. The first kappa shape index (κ1) is 20.0. The van der Waals surface area contributed by atoms with E-state index in [1.807, 2.05) is 12.1 Å². The fourth-order valence-corrected chi connectivity index (χ4v) is 3.80. The summed E-state index contributed by atoms with van der Waals surface area (Å²) in [6, 6.07) is 8.17. The van der Waals surface area contributed by atoms with Gasteiger partial charge < -0.3 is 4.74 Å².